The number of rotatable bonds is 14. The molecular formula is C53H55ClN10O5S2. The SMILES string of the molecule is Cc1csc2c1C(c1ccc(Cl)cc1)=N[C@@H](CC(=O)N[C@H]1C[C@H](Oc3cccc(-c4cnn([C@H](C(=O)N5C[C@H](O)C[C@H]5C(=O)N[C@@H](C)c5ccc(-c6scnc6C)cc5)C(C)C)c4)c3)C1)c1nnc(C)n1-2. The number of aliphatic hydroxyl groups is 1. The molecule has 3 aromatic carbocycles. The Bertz CT molecular complexity index is 3130. The van der Waals surface area contributed by atoms with Gasteiger partial charge < -0.3 is 25.4 Å². The third-order valence-corrected chi connectivity index (χ3v) is 16.0. The molecule has 4 aromatic heterocycles. The van der Waals surface area contributed by atoms with Crippen molar-refractivity contribution in [3.8, 4) is 32.3 Å². The zero-order chi connectivity index (χ0) is 49.7. The number of hydrogen-bond acceptors (Lipinski definition) is 12. The minimum atomic E-state index is -0.833. The Hall–Kier alpha value is -6.53. The summed E-state index contributed by atoms with van der Waals surface area (Å²) in [7, 11) is 0. The number of halogens is 1. The highest BCUT2D eigenvalue weighted by Gasteiger charge is 2.43. The van der Waals surface area contributed by atoms with E-state index in [-0.39, 0.29) is 61.2 Å². The van der Waals surface area contributed by atoms with E-state index < -0.39 is 24.2 Å². The first-order valence-corrected chi connectivity index (χ1v) is 26.1. The minimum Gasteiger partial charge on any atom is -0.490 e. The van der Waals surface area contributed by atoms with E-state index in [1.54, 1.807) is 33.6 Å². The summed E-state index contributed by atoms with van der Waals surface area (Å²) in [6.45, 7) is 11.8. The van der Waals surface area contributed by atoms with Crippen LogP contribution in [0, 0.1) is 26.7 Å². The number of benzene rings is 3. The molecule has 0 unspecified atom stereocenters. The molecule has 3 aliphatic rings. The summed E-state index contributed by atoms with van der Waals surface area (Å²) in [5.41, 5.74) is 10.2. The minimum absolute atomic E-state index is 0.0532. The van der Waals surface area contributed by atoms with Crippen molar-refractivity contribution in [2.45, 2.75) is 110 Å². The molecule has 7 aromatic rings. The second-order valence-electron chi connectivity index (χ2n) is 19.2. The van der Waals surface area contributed by atoms with Gasteiger partial charge in [-0.2, -0.15) is 5.10 Å². The maximum atomic E-state index is 14.4. The van der Waals surface area contributed by atoms with E-state index in [2.05, 4.69) is 43.2 Å². The largest absolute Gasteiger partial charge is 0.490 e. The van der Waals surface area contributed by atoms with Crippen molar-refractivity contribution >= 4 is 57.7 Å². The van der Waals surface area contributed by atoms with Crippen molar-refractivity contribution < 1.29 is 24.2 Å². The number of thiophene rings is 1. The molecule has 2 fully saturated rings. The lowest BCUT2D eigenvalue weighted by atomic mass is 9.89. The van der Waals surface area contributed by atoms with E-state index in [1.807, 2.05) is 124 Å². The van der Waals surface area contributed by atoms with Crippen LogP contribution in [0.5, 0.6) is 5.75 Å². The molecule has 10 rings (SSSR count). The van der Waals surface area contributed by atoms with E-state index in [0.717, 1.165) is 66.1 Å². The first-order chi connectivity index (χ1) is 34.2. The summed E-state index contributed by atoms with van der Waals surface area (Å²) >= 11 is 9.46. The number of thiazole rings is 1. The van der Waals surface area contributed by atoms with Crippen molar-refractivity contribution in [2.24, 2.45) is 10.9 Å². The molecule has 0 spiro atoms. The Labute approximate surface area is 425 Å². The number of fused-ring (bicyclic) bond motifs is 3. The van der Waals surface area contributed by atoms with Crippen molar-refractivity contribution in [1.29, 1.82) is 0 Å². The van der Waals surface area contributed by atoms with Crippen LogP contribution in [0.25, 0.3) is 26.6 Å². The Balaban J connectivity index is 0.759. The molecule has 18 heteroatoms. The monoisotopic (exact) mass is 1010 g/mol. The maximum Gasteiger partial charge on any atom is 0.248 e. The molecule has 3 amide bonds. The topological polar surface area (TPSA) is 182 Å². The number of carbonyl (C=O) groups excluding carboxylic acids is 3. The van der Waals surface area contributed by atoms with Crippen LogP contribution in [-0.4, -0.2) is 93.8 Å². The number of β-amino-alcohol motifs (C(OH)–C–C–N with tert-alkyl or cyclic N) is 1. The number of likely N-dealkylation sites (tertiary alicyclic amines) is 1. The summed E-state index contributed by atoms with van der Waals surface area (Å²) < 4.78 is 10.1. The lowest BCUT2D eigenvalue weighted by Crippen LogP contribution is -2.49. The predicted octanol–water partition coefficient (Wildman–Crippen LogP) is 8.94. The molecular weight excluding hydrogens is 956 g/mol. The molecule has 6 heterocycles. The summed E-state index contributed by atoms with van der Waals surface area (Å²) in [5.74, 6) is 1.15. The van der Waals surface area contributed by atoms with Crippen molar-refractivity contribution in [3.63, 3.8) is 0 Å². The third-order valence-electron chi connectivity index (χ3n) is 13.7. The zero-order valence-corrected chi connectivity index (χ0v) is 42.6. The second kappa shape index (κ2) is 19.9. The number of carbonyl (C=O) groups is 3. The van der Waals surface area contributed by atoms with Crippen LogP contribution in [0.4, 0.5) is 0 Å². The van der Waals surface area contributed by atoms with Crippen LogP contribution < -0.4 is 15.4 Å². The van der Waals surface area contributed by atoms with Gasteiger partial charge in [-0.3, -0.25) is 28.6 Å². The van der Waals surface area contributed by atoms with Crippen molar-refractivity contribution in [3.05, 3.63) is 141 Å². The van der Waals surface area contributed by atoms with Gasteiger partial charge in [-0.25, -0.2) is 4.98 Å². The fourth-order valence-electron chi connectivity index (χ4n) is 9.87. The first kappa shape index (κ1) is 48.1. The number of aliphatic hydroxyl groups excluding tert-OH is 1. The van der Waals surface area contributed by atoms with Gasteiger partial charge in [-0.1, -0.05) is 74.0 Å². The summed E-state index contributed by atoms with van der Waals surface area (Å²) in [6.07, 6.45) is 4.18. The number of ether oxygens (including phenoxy) is 1. The number of amides is 3. The van der Waals surface area contributed by atoms with Gasteiger partial charge in [0.05, 0.1) is 46.6 Å². The summed E-state index contributed by atoms with van der Waals surface area (Å²) in [6, 6.07) is 20.9. The Morgan fingerprint density at radius 1 is 0.915 bits per heavy atom. The van der Waals surface area contributed by atoms with E-state index in [0.29, 0.717) is 29.4 Å². The van der Waals surface area contributed by atoms with Gasteiger partial charge >= 0.3 is 0 Å². The van der Waals surface area contributed by atoms with Crippen molar-refractivity contribution in [1.82, 2.24) is 45.1 Å². The van der Waals surface area contributed by atoms with E-state index in [1.165, 1.54) is 4.90 Å². The van der Waals surface area contributed by atoms with E-state index in [4.69, 9.17) is 21.3 Å². The molecule has 1 aliphatic carbocycles. The standard InChI is InChI=1S/C53H55ClN10O5S2/c1-28(2)48(52(68)62-25-40(65)21-44(62)51(67)57-30(4)33-10-12-35(13-11-33)49-31(5)55-27-71-49)63-24-37(23-56-63)36-8-7-9-41(18-36)69-42-19-39(20-42)58-45(66)22-43-50-61-60-32(6)64(50)53-46(29(3)26-70-53)47(59-43)34-14-16-38(54)17-15-34/h7-18,23-24,26-28,30,39-40,42-44,48,65H,19-22,25H2,1-6H3,(H,57,67)(H,58,66)/t30-,39-,40+,42-,43-,44-,48-/m0/s1. The van der Waals surface area contributed by atoms with Gasteiger partial charge in [0.15, 0.2) is 5.82 Å². The molecule has 1 saturated carbocycles. The smallest absolute Gasteiger partial charge is 0.248 e. The molecule has 0 bridgehead atoms. The molecule has 1 saturated heterocycles. The van der Waals surface area contributed by atoms with Crippen LogP contribution in [0.2, 0.25) is 5.02 Å². The molecule has 366 valence electrons. The quantitative estimate of drug-likeness (QED) is 0.0958. The molecule has 2 aliphatic heterocycles. The van der Waals surface area contributed by atoms with Crippen LogP contribution in [-0.2, 0) is 14.4 Å². The second-order valence-corrected chi connectivity index (χ2v) is 21.3. The Morgan fingerprint density at radius 2 is 1.68 bits per heavy atom. The number of nitrogens with zero attached hydrogens (tertiary/aromatic N) is 8. The lowest BCUT2D eigenvalue weighted by Gasteiger charge is -2.36. The Kier molecular flexibility index (Phi) is 13.5. The molecule has 5 atom stereocenters. The van der Waals surface area contributed by atoms with E-state index in [9.17, 15) is 19.5 Å². The summed E-state index contributed by atoms with van der Waals surface area (Å²) in [5, 5.41) is 34.4. The van der Waals surface area contributed by atoms with Crippen LogP contribution in [0.3, 0.4) is 0 Å². The normalized spacial score (nSPS) is 20.3. The van der Waals surface area contributed by atoms with Crippen LogP contribution >= 0.6 is 34.3 Å². The highest BCUT2D eigenvalue weighted by molar-refractivity contribution is 7.13. The zero-order valence-electron chi connectivity index (χ0n) is 40.2. The Morgan fingerprint density at radius 3 is 2.41 bits per heavy atom. The number of aryl methyl sites for hydroxylation is 3. The third kappa shape index (κ3) is 9.80. The fraction of sp³-hybridized carbons (Fsp3) is 0.358. The van der Waals surface area contributed by atoms with Gasteiger partial charge in [-0.05, 0) is 85.5 Å². The number of aromatic nitrogens is 6. The van der Waals surface area contributed by atoms with Gasteiger partial charge in [0.2, 0.25) is 17.7 Å². The van der Waals surface area contributed by atoms with Gasteiger partial charge in [0.1, 0.15) is 40.8 Å². The molecule has 0 radical (unpaired) electrons. The summed E-state index contributed by atoms with van der Waals surface area (Å²) in [4.78, 5) is 54.2. The highest BCUT2D eigenvalue weighted by Crippen LogP contribution is 2.39. The van der Waals surface area contributed by atoms with E-state index >= 15 is 0 Å². The number of nitrogens with one attached hydrogen (secondary N) is 2. The van der Waals surface area contributed by atoms with Gasteiger partial charge in [0.25, 0.3) is 0 Å². The lowest BCUT2D eigenvalue weighted by molar-refractivity contribution is -0.142. The predicted molar refractivity (Wildman–Crippen MR) is 275 cm³/mol. The average Bonchev–Trinajstić information content (AvgIpc) is 4.19. The number of aliphatic imine (C=N–C) groups is 1. The fourth-order valence-corrected chi connectivity index (χ4v) is 11.9. The van der Waals surface area contributed by atoms with Crippen LogP contribution in [0.1, 0.15) is 104 Å². The molecule has 3 N–H and O–H groups in total. The maximum absolute atomic E-state index is 14.4. The molecule has 71 heavy (non-hydrogen) atoms. The highest BCUT2D eigenvalue weighted by atomic mass is 35.5. The van der Waals surface area contributed by atoms with Crippen molar-refractivity contribution in [2.75, 3.05) is 6.54 Å². The van der Waals surface area contributed by atoms with Crippen LogP contribution in [0.15, 0.2) is 101 Å². The average molecular weight is 1010 g/mol. The molecule has 15 nitrogen and oxygen atoms in total. The van der Waals surface area contributed by atoms with Gasteiger partial charge in [-0.15, -0.1) is 32.9 Å². The van der Waals surface area contributed by atoms with Gasteiger partial charge in [0, 0.05) is 59.8 Å². The first-order valence-electron chi connectivity index (χ1n) is 23.9. The number of hydrogen-bond donors (Lipinski definition) is 3.